The Labute approximate surface area is 108 Å². The molecule has 0 spiro atoms. The normalized spacial score (nSPS) is 11.0. The van der Waals surface area contributed by atoms with Gasteiger partial charge in [0.15, 0.2) is 0 Å². The number of nitrogens with one attached hydrogen (secondary N) is 1. The maximum Gasteiger partial charge on any atom is 0.119 e. The molecule has 2 aromatic rings. The Kier molecular flexibility index (Phi) is 3.41. The summed E-state index contributed by atoms with van der Waals surface area (Å²) in [5.74, 6) is 1.30. The Bertz CT molecular complexity index is 576. The molecule has 0 bridgehead atoms. The predicted molar refractivity (Wildman–Crippen MR) is 76.7 cm³/mol. The monoisotopic (exact) mass is 244 g/mol. The summed E-state index contributed by atoms with van der Waals surface area (Å²) in [4.78, 5) is 4.69. The van der Waals surface area contributed by atoms with Gasteiger partial charge in [0.2, 0.25) is 0 Å². The second kappa shape index (κ2) is 4.84. The first-order valence-electron chi connectivity index (χ1n) is 6.24. The maximum atomic E-state index is 5.30. The van der Waals surface area contributed by atoms with Crippen molar-refractivity contribution in [1.29, 1.82) is 0 Å². The second-order valence-electron chi connectivity index (χ2n) is 4.77. The summed E-state index contributed by atoms with van der Waals surface area (Å²) >= 11 is 0. The van der Waals surface area contributed by atoms with Crippen LogP contribution in [0.5, 0.6) is 5.75 Å². The molecular formula is C15H20N2O. The van der Waals surface area contributed by atoms with Crippen molar-refractivity contribution in [2.45, 2.75) is 26.7 Å². The number of ether oxygens (including phenoxy) is 1. The number of rotatable bonds is 3. The molecule has 2 rings (SSSR count). The van der Waals surface area contributed by atoms with Gasteiger partial charge in [0.25, 0.3) is 0 Å². The fraction of sp³-hybridized carbons (Fsp3) is 0.400. The zero-order chi connectivity index (χ0) is 13.3. The average molecular weight is 244 g/mol. The Hall–Kier alpha value is -1.77. The van der Waals surface area contributed by atoms with E-state index in [2.05, 4.69) is 31.1 Å². The minimum Gasteiger partial charge on any atom is -0.497 e. The van der Waals surface area contributed by atoms with Gasteiger partial charge < -0.3 is 10.1 Å². The molecule has 0 aliphatic rings. The Balaban J connectivity index is 2.82. The summed E-state index contributed by atoms with van der Waals surface area (Å²) in [6, 6.07) is 5.99. The van der Waals surface area contributed by atoms with Crippen molar-refractivity contribution in [1.82, 2.24) is 4.98 Å². The SMILES string of the molecule is CNc1c(C(C)C)c(C)nc2ccc(OC)cc12. The maximum absolute atomic E-state index is 5.30. The number of aromatic nitrogens is 1. The molecule has 0 saturated heterocycles. The molecule has 1 heterocycles. The first kappa shape index (κ1) is 12.7. The zero-order valence-electron chi connectivity index (χ0n) is 11.7. The first-order valence-corrected chi connectivity index (χ1v) is 6.24. The van der Waals surface area contributed by atoms with E-state index in [1.54, 1.807) is 7.11 Å². The predicted octanol–water partition coefficient (Wildman–Crippen LogP) is 3.72. The molecule has 0 aliphatic heterocycles. The standard InChI is InChI=1S/C15H20N2O/c1-9(2)14-10(3)17-13-7-6-11(18-5)8-12(13)15(14)16-4/h6-9H,1-5H3,(H,16,17). The average Bonchev–Trinajstić information content (AvgIpc) is 2.36. The number of aryl methyl sites for hydroxylation is 1. The van der Waals surface area contributed by atoms with Crippen LogP contribution in [0.4, 0.5) is 5.69 Å². The molecule has 1 N–H and O–H groups in total. The van der Waals surface area contributed by atoms with Gasteiger partial charge in [-0.2, -0.15) is 0 Å². The molecule has 0 amide bonds. The zero-order valence-corrected chi connectivity index (χ0v) is 11.7. The van der Waals surface area contributed by atoms with Crippen molar-refractivity contribution >= 4 is 16.6 Å². The molecule has 0 atom stereocenters. The van der Waals surface area contributed by atoms with E-state index in [9.17, 15) is 0 Å². The van der Waals surface area contributed by atoms with E-state index < -0.39 is 0 Å². The number of hydrogen-bond donors (Lipinski definition) is 1. The fourth-order valence-corrected chi connectivity index (χ4v) is 2.48. The first-order chi connectivity index (χ1) is 8.58. The molecule has 1 aromatic heterocycles. The molecule has 0 fully saturated rings. The number of hydrogen-bond acceptors (Lipinski definition) is 3. The lowest BCUT2D eigenvalue weighted by molar-refractivity contribution is 0.415. The van der Waals surface area contributed by atoms with Gasteiger partial charge in [-0.25, -0.2) is 0 Å². The van der Waals surface area contributed by atoms with Gasteiger partial charge in [0, 0.05) is 23.8 Å². The minimum atomic E-state index is 0.440. The largest absolute Gasteiger partial charge is 0.497 e. The molecule has 0 saturated carbocycles. The Morgan fingerprint density at radius 3 is 2.56 bits per heavy atom. The smallest absolute Gasteiger partial charge is 0.119 e. The van der Waals surface area contributed by atoms with Gasteiger partial charge in [0.05, 0.1) is 12.6 Å². The van der Waals surface area contributed by atoms with Crippen molar-refractivity contribution in [2.24, 2.45) is 0 Å². The summed E-state index contributed by atoms with van der Waals surface area (Å²) in [6.07, 6.45) is 0. The van der Waals surface area contributed by atoms with Crippen LogP contribution in [0, 0.1) is 6.92 Å². The minimum absolute atomic E-state index is 0.440. The molecule has 0 unspecified atom stereocenters. The third-order valence-corrected chi connectivity index (χ3v) is 3.25. The van der Waals surface area contributed by atoms with Crippen molar-refractivity contribution in [2.75, 3.05) is 19.5 Å². The van der Waals surface area contributed by atoms with Gasteiger partial charge >= 0.3 is 0 Å². The number of fused-ring (bicyclic) bond motifs is 1. The highest BCUT2D eigenvalue weighted by molar-refractivity contribution is 5.94. The summed E-state index contributed by atoms with van der Waals surface area (Å²) < 4.78 is 5.30. The summed E-state index contributed by atoms with van der Waals surface area (Å²) in [6.45, 7) is 6.45. The molecule has 1 aromatic carbocycles. The van der Waals surface area contributed by atoms with E-state index in [0.717, 1.165) is 28.0 Å². The second-order valence-corrected chi connectivity index (χ2v) is 4.77. The molecule has 0 aliphatic carbocycles. The van der Waals surface area contributed by atoms with Gasteiger partial charge in [-0.05, 0) is 36.6 Å². The van der Waals surface area contributed by atoms with Gasteiger partial charge in [0.1, 0.15) is 5.75 Å². The van der Waals surface area contributed by atoms with E-state index in [0.29, 0.717) is 5.92 Å². The van der Waals surface area contributed by atoms with Crippen LogP contribution in [0.25, 0.3) is 10.9 Å². The van der Waals surface area contributed by atoms with E-state index in [4.69, 9.17) is 4.74 Å². The number of anilines is 1. The van der Waals surface area contributed by atoms with E-state index in [1.165, 1.54) is 5.56 Å². The molecular weight excluding hydrogens is 224 g/mol. The summed E-state index contributed by atoms with van der Waals surface area (Å²) in [7, 11) is 3.64. The van der Waals surface area contributed by atoms with Crippen molar-refractivity contribution in [3.63, 3.8) is 0 Å². The molecule has 3 nitrogen and oxygen atoms in total. The van der Waals surface area contributed by atoms with Crippen molar-refractivity contribution < 1.29 is 4.74 Å². The molecule has 18 heavy (non-hydrogen) atoms. The third kappa shape index (κ3) is 2.01. The molecule has 96 valence electrons. The van der Waals surface area contributed by atoms with Crippen LogP contribution in [0.15, 0.2) is 18.2 Å². The van der Waals surface area contributed by atoms with Crippen LogP contribution in [-0.2, 0) is 0 Å². The lowest BCUT2D eigenvalue weighted by Crippen LogP contribution is -2.04. The highest BCUT2D eigenvalue weighted by Gasteiger charge is 2.14. The number of nitrogens with zero attached hydrogens (tertiary/aromatic N) is 1. The fourth-order valence-electron chi connectivity index (χ4n) is 2.48. The highest BCUT2D eigenvalue weighted by atomic mass is 16.5. The van der Waals surface area contributed by atoms with Crippen LogP contribution in [-0.4, -0.2) is 19.1 Å². The van der Waals surface area contributed by atoms with Crippen LogP contribution in [0.2, 0.25) is 0 Å². The molecule has 0 radical (unpaired) electrons. The van der Waals surface area contributed by atoms with E-state index in [-0.39, 0.29) is 0 Å². The molecule has 3 heteroatoms. The van der Waals surface area contributed by atoms with Crippen LogP contribution in [0.3, 0.4) is 0 Å². The topological polar surface area (TPSA) is 34.2 Å². The number of benzene rings is 1. The van der Waals surface area contributed by atoms with Crippen molar-refractivity contribution in [3.05, 3.63) is 29.5 Å². The van der Waals surface area contributed by atoms with E-state index in [1.807, 2.05) is 25.2 Å². The van der Waals surface area contributed by atoms with E-state index >= 15 is 0 Å². The highest BCUT2D eigenvalue weighted by Crippen LogP contribution is 2.34. The van der Waals surface area contributed by atoms with Gasteiger partial charge in [-0.15, -0.1) is 0 Å². The summed E-state index contributed by atoms with van der Waals surface area (Å²) in [5.41, 5.74) is 4.53. The van der Waals surface area contributed by atoms with Crippen molar-refractivity contribution in [3.8, 4) is 5.75 Å². The van der Waals surface area contributed by atoms with Crippen LogP contribution < -0.4 is 10.1 Å². The van der Waals surface area contributed by atoms with Crippen LogP contribution >= 0.6 is 0 Å². The quantitative estimate of drug-likeness (QED) is 0.893. The van der Waals surface area contributed by atoms with Gasteiger partial charge in [-0.1, -0.05) is 13.8 Å². The Morgan fingerprint density at radius 1 is 1.28 bits per heavy atom. The lowest BCUT2D eigenvalue weighted by atomic mass is 9.96. The van der Waals surface area contributed by atoms with Crippen LogP contribution in [0.1, 0.15) is 31.0 Å². The number of pyridine rings is 1. The Morgan fingerprint density at radius 2 is 2.00 bits per heavy atom. The summed E-state index contributed by atoms with van der Waals surface area (Å²) in [5, 5.41) is 4.43. The van der Waals surface area contributed by atoms with Gasteiger partial charge in [-0.3, -0.25) is 4.98 Å². The third-order valence-electron chi connectivity index (χ3n) is 3.25. The lowest BCUT2D eigenvalue weighted by Gasteiger charge is -2.18. The number of methoxy groups -OCH3 is 1.